The van der Waals surface area contributed by atoms with E-state index < -0.39 is 0 Å². The number of nitrogens with one attached hydrogen (secondary N) is 2. The number of H-pyrrole nitrogens is 2. The highest BCUT2D eigenvalue weighted by atomic mass is 14.8. The van der Waals surface area contributed by atoms with Crippen LogP contribution in [0.3, 0.4) is 0 Å². The highest BCUT2D eigenvalue weighted by Crippen LogP contribution is 2.44. The van der Waals surface area contributed by atoms with Crippen LogP contribution in [-0.4, -0.2) is 19.9 Å². The van der Waals surface area contributed by atoms with Gasteiger partial charge in [-0.05, 0) is 117 Å². The molecule has 0 aromatic carbocycles. The van der Waals surface area contributed by atoms with Crippen molar-refractivity contribution in [3.05, 3.63) is 69.3 Å². The zero-order chi connectivity index (χ0) is 23.7. The number of hydrogen-bond acceptors (Lipinski definition) is 2. The highest BCUT2D eigenvalue weighted by Gasteiger charge is 2.29. The van der Waals surface area contributed by atoms with Crippen LogP contribution in [0.25, 0.3) is 44.4 Å². The molecule has 0 atom stereocenters. The van der Waals surface area contributed by atoms with Gasteiger partial charge in [-0.3, -0.25) is 0 Å². The van der Waals surface area contributed by atoms with Gasteiger partial charge in [0.05, 0.1) is 22.8 Å². The van der Waals surface area contributed by atoms with Crippen molar-refractivity contribution < 1.29 is 0 Å². The Morgan fingerprint density at radius 1 is 0.735 bits per heavy atom. The van der Waals surface area contributed by atoms with Crippen LogP contribution in [0.1, 0.15) is 85.6 Å². The van der Waals surface area contributed by atoms with E-state index in [1.807, 2.05) is 0 Å². The van der Waals surface area contributed by atoms with Crippen LogP contribution < -0.4 is 0 Å². The second-order valence-electron chi connectivity index (χ2n) is 9.89. The molecule has 34 heavy (non-hydrogen) atoms. The molecule has 5 heterocycles. The van der Waals surface area contributed by atoms with Crippen molar-refractivity contribution in [2.24, 2.45) is 0 Å². The van der Waals surface area contributed by atoms with Crippen molar-refractivity contribution >= 4 is 44.4 Å². The number of aromatic amines is 2. The molecule has 4 nitrogen and oxygen atoms in total. The zero-order valence-corrected chi connectivity index (χ0v) is 21.0. The van der Waals surface area contributed by atoms with E-state index >= 15 is 0 Å². The molecule has 0 amide bonds. The summed E-state index contributed by atoms with van der Waals surface area (Å²) in [7, 11) is 0. The monoisotopic (exact) mass is 448 g/mol. The fraction of sp³-hybridized carbons (Fsp3) is 0.333. The number of aryl methyl sites for hydroxylation is 3. The Morgan fingerprint density at radius 3 is 2.26 bits per heavy atom. The van der Waals surface area contributed by atoms with E-state index in [1.54, 1.807) is 0 Å². The van der Waals surface area contributed by atoms with Gasteiger partial charge in [-0.25, -0.2) is 9.97 Å². The molecule has 1 aliphatic carbocycles. The number of fused-ring (bicyclic) bond motifs is 8. The van der Waals surface area contributed by atoms with E-state index in [9.17, 15) is 0 Å². The average Bonchev–Trinajstić information content (AvgIpc) is 3.57. The van der Waals surface area contributed by atoms with Gasteiger partial charge in [-0.2, -0.15) is 0 Å². The van der Waals surface area contributed by atoms with E-state index in [0.29, 0.717) is 0 Å². The van der Waals surface area contributed by atoms with Crippen LogP contribution in [0.2, 0.25) is 0 Å². The standard InChI is InChI=1S/C30H32N4/c1-7-20-16(4)25-12-19-11-15(3)24(31-19)13-28-21(8-2)18(6)29(34-28)23-10-9-22-17(5)26(33-30(22)23)14-27(20)32-25/h11-14,31-32H,7-10H2,1-6H3. The Kier molecular flexibility index (Phi) is 4.70. The molecular weight excluding hydrogens is 416 g/mol. The maximum absolute atomic E-state index is 5.21. The van der Waals surface area contributed by atoms with Crippen LogP contribution in [0.4, 0.5) is 0 Å². The first-order chi connectivity index (χ1) is 16.4. The minimum atomic E-state index is 0.972. The van der Waals surface area contributed by atoms with Crippen LogP contribution in [0.15, 0.2) is 24.3 Å². The van der Waals surface area contributed by atoms with Crippen LogP contribution in [0, 0.1) is 13.8 Å². The Labute approximate surface area is 200 Å². The predicted octanol–water partition coefficient (Wildman–Crippen LogP) is 7.71. The first-order valence-electron chi connectivity index (χ1n) is 12.5. The molecule has 172 valence electrons. The average molecular weight is 449 g/mol. The minimum Gasteiger partial charge on any atom is -0.355 e. The van der Waals surface area contributed by atoms with Gasteiger partial charge in [0, 0.05) is 27.6 Å². The van der Waals surface area contributed by atoms with Gasteiger partial charge in [0.2, 0.25) is 0 Å². The lowest BCUT2D eigenvalue weighted by Crippen LogP contribution is -1.90. The Bertz CT molecular complexity index is 1600. The quantitative estimate of drug-likeness (QED) is 0.422. The van der Waals surface area contributed by atoms with Gasteiger partial charge in [0.15, 0.2) is 0 Å². The molecule has 6 rings (SSSR count). The van der Waals surface area contributed by atoms with Gasteiger partial charge in [0.1, 0.15) is 0 Å². The zero-order valence-electron chi connectivity index (χ0n) is 21.0. The third-order valence-electron chi connectivity index (χ3n) is 8.00. The van der Waals surface area contributed by atoms with E-state index in [-0.39, 0.29) is 0 Å². The topological polar surface area (TPSA) is 57.4 Å². The number of hydrogen-bond donors (Lipinski definition) is 2. The Hall–Kier alpha value is -3.40. The lowest BCUT2D eigenvalue weighted by Gasteiger charge is -2.01. The van der Waals surface area contributed by atoms with E-state index in [4.69, 9.17) is 9.97 Å². The smallest absolute Gasteiger partial charge is 0.0726 e. The Morgan fingerprint density at radius 2 is 1.50 bits per heavy atom. The molecule has 2 N–H and O–H groups in total. The van der Waals surface area contributed by atoms with E-state index in [1.165, 1.54) is 50.1 Å². The predicted molar refractivity (Wildman–Crippen MR) is 143 cm³/mol. The van der Waals surface area contributed by atoms with Crippen LogP contribution in [0.5, 0.6) is 0 Å². The maximum Gasteiger partial charge on any atom is 0.0726 e. The summed E-state index contributed by atoms with van der Waals surface area (Å²) in [4.78, 5) is 17.8. The second-order valence-corrected chi connectivity index (χ2v) is 9.89. The summed E-state index contributed by atoms with van der Waals surface area (Å²) >= 11 is 0. The van der Waals surface area contributed by atoms with Gasteiger partial charge >= 0.3 is 0 Å². The molecule has 0 fully saturated rings. The van der Waals surface area contributed by atoms with Crippen LogP contribution in [-0.2, 0) is 12.8 Å². The number of aromatic nitrogens is 4. The molecule has 0 unspecified atom stereocenters. The van der Waals surface area contributed by atoms with Crippen molar-refractivity contribution in [1.29, 1.82) is 0 Å². The Balaban J connectivity index is 1.81. The van der Waals surface area contributed by atoms with Crippen molar-refractivity contribution in [2.75, 3.05) is 0 Å². The third kappa shape index (κ3) is 2.97. The molecule has 0 saturated carbocycles. The molecule has 0 radical (unpaired) electrons. The molecule has 8 bridgehead atoms. The molecule has 0 saturated heterocycles. The minimum absolute atomic E-state index is 0.972. The van der Waals surface area contributed by atoms with Crippen molar-refractivity contribution in [2.45, 2.75) is 67.2 Å². The number of allylic oxidation sites excluding steroid dienone is 4. The lowest BCUT2D eigenvalue weighted by atomic mass is 10.0. The summed E-state index contributed by atoms with van der Waals surface area (Å²) in [5, 5.41) is 0. The summed E-state index contributed by atoms with van der Waals surface area (Å²) in [5.74, 6) is 0. The normalized spacial score (nSPS) is 15.1. The number of rotatable bonds is 2. The second kappa shape index (κ2) is 7.56. The third-order valence-corrected chi connectivity index (χ3v) is 8.00. The first-order valence-corrected chi connectivity index (χ1v) is 12.5. The fourth-order valence-electron chi connectivity index (χ4n) is 6.03. The number of nitrogens with zero attached hydrogens (tertiary/aromatic N) is 2. The summed E-state index contributed by atoms with van der Waals surface area (Å²) in [6, 6.07) is 8.95. The largest absolute Gasteiger partial charge is 0.355 e. The first kappa shape index (κ1) is 21.2. The molecule has 2 aliphatic heterocycles. The molecule has 3 aromatic heterocycles. The molecule has 0 spiro atoms. The molecule has 4 heteroatoms. The van der Waals surface area contributed by atoms with E-state index in [2.05, 4.69) is 75.8 Å². The van der Waals surface area contributed by atoms with Gasteiger partial charge in [-0.1, -0.05) is 13.8 Å². The summed E-state index contributed by atoms with van der Waals surface area (Å²) in [6.07, 6.45) is 4.03. The summed E-state index contributed by atoms with van der Waals surface area (Å²) in [5.41, 5.74) is 19.6. The SMILES string of the molecule is CCC1=C(C)c2nc1cc1[nH]c(cc1C)cc1[nH]c(cc3nc4c2CCC4=C3C)c(CC)c1C. The van der Waals surface area contributed by atoms with Gasteiger partial charge in [0.25, 0.3) is 0 Å². The molecular formula is C30H32N4. The maximum atomic E-state index is 5.21. The van der Waals surface area contributed by atoms with Gasteiger partial charge in [-0.15, -0.1) is 0 Å². The van der Waals surface area contributed by atoms with E-state index in [0.717, 1.165) is 65.0 Å². The summed E-state index contributed by atoms with van der Waals surface area (Å²) < 4.78 is 0. The van der Waals surface area contributed by atoms with Crippen molar-refractivity contribution in [3.8, 4) is 0 Å². The van der Waals surface area contributed by atoms with Crippen molar-refractivity contribution in [1.82, 2.24) is 19.9 Å². The summed E-state index contributed by atoms with van der Waals surface area (Å²) in [6.45, 7) is 13.3. The highest BCUT2D eigenvalue weighted by molar-refractivity contribution is 5.98. The molecule has 3 aliphatic rings. The van der Waals surface area contributed by atoms with Crippen molar-refractivity contribution in [3.63, 3.8) is 0 Å². The van der Waals surface area contributed by atoms with Gasteiger partial charge < -0.3 is 9.97 Å². The lowest BCUT2D eigenvalue weighted by molar-refractivity contribution is 1.05. The molecule has 3 aromatic rings. The fourth-order valence-corrected chi connectivity index (χ4v) is 6.03. The van der Waals surface area contributed by atoms with Crippen LogP contribution >= 0.6 is 0 Å².